The van der Waals surface area contributed by atoms with E-state index >= 15 is 0 Å². The maximum absolute atomic E-state index is 12.9. The van der Waals surface area contributed by atoms with E-state index < -0.39 is 0 Å². The predicted molar refractivity (Wildman–Crippen MR) is 85.8 cm³/mol. The van der Waals surface area contributed by atoms with Gasteiger partial charge in [-0.15, -0.1) is 0 Å². The molecule has 0 radical (unpaired) electrons. The standard InChI is InChI=1S/C17H20FN3O/c1-3-4-11-21(2)17(22)16-12-15(9-10-19-16)20-14-7-5-13(18)6-8-14/h5-10,12H,3-4,11H2,1-2H3,(H,19,20). The maximum Gasteiger partial charge on any atom is 0.272 e. The second kappa shape index (κ2) is 7.54. The van der Waals surface area contributed by atoms with Gasteiger partial charge in [-0.3, -0.25) is 9.78 Å². The lowest BCUT2D eigenvalue weighted by molar-refractivity contribution is 0.0787. The Morgan fingerprint density at radius 1 is 1.23 bits per heavy atom. The molecule has 5 heteroatoms. The normalized spacial score (nSPS) is 10.3. The summed E-state index contributed by atoms with van der Waals surface area (Å²) >= 11 is 0. The van der Waals surface area contributed by atoms with Crippen LogP contribution in [0.3, 0.4) is 0 Å². The summed E-state index contributed by atoms with van der Waals surface area (Å²) in [6, 6.07) is 9.53. The number of unbranched alkanes of at least 4 members (excludes halogenated alkanes) is 1. The summed E-state index contributed by atoms with van der Waals surface area (Å²) in [5.41, 5.74) is 1.89. The first-order valence-corrected chi connectivity index (χ1v) is 7.34. The van der Waals surface area contributed by atoms with E-state index in [2.05, 4.69) is 17.2 Å². The van der Waals surface area contributed by atoms with Crippen molar-refractivity contribution in [3.8, 4) is 0 Å². The number of hydrogen-bond donors (Lipinski definition) is 1. The molecule has 2 rings (SSSR count). The Balaban J connectivity index is 2.09. The molecular formula is C17H20FN3O. The van der Waals surface area contributed by atoms with Crippen molar-refractivity contribution in [3.05, 3.63) is 54.1 Å². The second-order valence-corrected chi connectivity index (χ2v) is 5.14. The Morgan fingerprint density at radius 2 is 1.95 bits per heavy atom. The van der Waals surface area contributed by atoms with Gasteiger partial charge in [-0.05, 0) is 42.8 Å². The molecule has 4 nitrogen and oxygen atoms in total. The van der Waals surface area contributed by atoms with Crippen LogP contribution in [-0.2, 0) is 0 Å². The molecule has 0 unspecified atom stereocenters. The fourth-order valence-corrected chi connectivity index (χ4v) is 2.02. The third-order valence-electron chi connectivity index (χ3n) is 3.31. The van der Waals surface area contributed by atoms with Crippen molar-refractivity contribution in [2.24, 2.45) is 0 Å². The molecule has 0 aliphatic heterocycles. The molecule has 0 bridgehead atoms. The average molecular weight is 301 g/mol. The van der Waals surface area contributed by atoms with E-state index in [0.717, 1.165) is 24.2 Å². The van der Waals surface area contributed by atoms with E-state index in [1.165, 1.54) is 12.1 Å². The number of nitrogens with zero attached hydrogens (tertiary/aromatic N) is 2. The number of aromatic nitrogens is 1. The fourth-order valence-electron chi connectivity index (χ4n) is 2.02. The van der Waals surface area contributed by atoms with Gasteiger partial charge in [0.05, 0.1) is 0 Å². The number of halogens is 1. The molecule has 116 valence electrons. The van der Waals surface area contributed by atoms with Crippen LogP contribution in [0.1, 0.15) is 30.3 Å². The summed E-state index contributed by atoms with van der Waals surface area (Å²) in [7, 11) is 1.78. The molecule has 2 aromatic rings. The van der Waals surface area contributed by atoms with E-state index in [9.17, 15) is 9.18 Å². The monoisotopic (exact) mass is 301 g/mol. The lowest BCUT2D eigenvalue weighted by atomic mass is 10.2. The molecule has 22 heavy (non-hydrogen) atoms. The molecule has 0 atom stereocenters. The highest BCUT2D eigenvalue weighted by molar-refractivity contribution is 5.93. The van der Waals surface area contributed by atoms with Crippen LogP contribution in [0, 0.1) is 5.82 Å². The van der Waals surface area contributed by atoms with Gasteiger partial charge in [0.15, 0.2) is 0 Å². The largest absolute Gasteiger partial charge is 0.355 e. The molecule has 0 saturated heterocycles. The Kier molecular flexibility index (Phi) is 5.47. The van der Waals surface area contributed by atoms with Crippen LogP contribution >= 0.6 is 0 Å². The minimum absolute atomic E-state index is 0.101. The van der Waals surface area contributed by atoms with Crippen LogP contribution in [0.15, 0.2) is 42.6 Å². The number of carbonyl (C=O) groups excluding carboxylic acids is 1. The lowest BCUT2D eigenvalue weighted by Gasteiger charge is -2.16. The quantitative estimate of drug-likeness (QED) is 0.882. The minimum atomic E-state index is -0.284. The molecule has 0 aliphatic rings. The van der Waals surface area contributed by atoms with Crippen LogP contribution in [-0.4, -0.2) is 29.4 Å². The third-order valence-corrected chi connectivity index (χ3v) is 3.31. The Labute approximate surface area is 130 Å². The topological polar surface area (TPSA) is 45.2 Å². The average Bonchev–Trinajstić information content (AvgIpc) is 2.54. The molecule has 1 amide bonds. The first-order chi connectivity index (χ1) is 10.6. The molecule has 1 aromatic heterocycles. The minimum Gasteiger partial charge on any atom is -0.355 e. The molecule has 1 aromatic carbocycles. The fraction of sp³-hybridized carbons (Fsp3) is 0.294. The van der Waals surface area contributed by atoms with Crippen LogP contribution in [0.5, 0.6) is 0 Å². The number of hydrogen-bond acceptors (Lipinski definition) is 3. The molecule has 0 aliphatic carbocycles. The van der Waals surface area contributed by atoms with Gasteiger partial charge in [0, 0.05) is 31.2 Å². The van der Waals surface area contributed by atoms with Gasteiger partial charge in [-0.2, -0.15) is 0 Å². The van der Waals surface area contributed by atoms with Crippen LogP contribution in [0.25, 0.3) is 0 Å². The van der Waals surface area contributed by atoms with Gasteiger partial charge in [0.2, 0.25) is 0 Å². The zero-order chi connectivity index (χ0) is 15.9. The van der Waals surface area contributed by atoms with Gasteiger partial charge in [0.25, 0.3) is 5.91 Å². The van der Waals surface area contributed by atoms with Gasteiger partial charge in [-0.25, -0.2) is 4.39 Å². The summed E-state index contributed by atoms with van der Waals surface area (Å²) in [6.07, 6.45) is 3.60. The zero-order valence-corrected chi connectivity index (χ0v) is 12.8. The highest BCUT2D eigenvalue weighted by Crippen LogP contribution is 2.17. The van der Waals surface area contributed by atoms with Crippen molar-refractivity contribution in [3.63, 3.8) is 0 Å². The van der Waals surface area contributed by atoms with E-state index in [4.69, 9.17) is 0 Å². The predicted octanol–water partition coefficient (Wildman–Crippen LogP) is 3.84. The number of rotatable bonds is 6. The van der Waals surface area contributed by atoms with Gasteiger partial charge < -0.3 is 10.2 Å². The third kappa shape index (κ3) is 4.28. The van der Waals surface area contributed by atoms with Crippen molar-refractivity contribution in [2.75, 3.05) is 18.9 Å². The first-order valence-electron chi connectivity index (χ1n) is 7.34. The number of nitrogens with one attached hydrogen (secondary N) is 1. The van der Waals surface area contributed by atoms with Crippen molar-refractivity contribution < 1.29 is 9.18 Å². The number of benzene rings is 1. The van der Waals surface area contributed by atoms with Gasteiger partial charge in [0.1, 0.15) is 11.5 Å². The number of carbonyl (C=O) groups is 1. The van der Waals surface area contributed by atoms with Crippen LogP contribution < -0.4 is 5.32 Å². The highest BCUT2D eigenvalue weighted by atomic mass is 19.1. The number of amides is 1. The molecule has 1 N–H and O–H groups in total. The van der Waals surface area contributed by atoms with Crippen LogP contribution in [0.4, 0.5) is 15.8 Å². The second-order valence-electron chi connectivity index (χ2n) is 5.14. The van der Waals surface area contributed by atoms with E-state index in [-0.39, 0.29) is 11.7 Å². The van der Waals surface area contributed by atoms with E-state index in [1.807, 2.05) is 0 Å². The van der Waals surface area contributed by atoms with Crippen molar-refractivity contribution in [1.82, 2.24) is 9.88 Å². The summed E-state index contributed by atoms with van der Waals surface area (Å²) in [4.78, 5) is 18.1. The van der Waals surface area contributed by atoms with E-state index in [1.54, 1.807) is 42.4 Å². The smallest absolute Gasteiger partial charge is 0.272 e. The summed E-state index contributed by atoms with van der Waals surface area (Å²) in [5.74, 6) is -0.384. The van der Waals surface area contributed by atoms with E-state index in [0.29, 0.717) is 12.2 Å². The SMILES string of the molecule is CCCCN(C)C(=O)c1cc(Nc2ccc(F)cc2)ccn1. The van der Waals surface area contributed by atoms with Crippen LogP contribution in [0.2, 0.25) is 0 Å². The van der Waals surface area contributed by atoms with Crippen molar-refractivity contribution in [1.29, 1.82) is 0 Å². The maximum atomic E-state index is 12.9. The Hall–Kier alpha value is -2.43. The number of pyridine rings is 1. The zero-order valence-electron chi connectivity index (χ0n) is 12.8. The van der Waals surface area contributed by atoms with Crippen molar-refractivity contribution in [2.45, 2.75) is 19.8 Å². The molecule has 0 saturated carbocycles. The van der Waals surface area contributed by atoms with Gasteiger partial charge >= 0.3 is 0 Å². The Bertz CT molecular complexity index is 628. The highest BCUT2D eigenvalue weighted by Gasteiger charge is 2.13. The van der Waals surface area contributed by atoms with Crippen molar-refractivity contribution >= 4 is 17.3 Å². The molecule has 0 spiro atoms. The van der Waals surface area contributed by atoms with Gasteiger partial charge in [-0.1, -0.05) is 13.3 Å². The summed E-state index contributed by atoms with van der Waals surface area (Å²) in [5, 5.41) is 3.13. The molecule has 0 fully saturated rings. The Morgan fingerprint density at radius 3 is 2.64 bits per heavy atom. The molecular weight excluding hydrogens is 281 g/mol. The number of anilines is 2. The lowest BCUT2D eigenvalue weighted by Crippen LogP contribution is -2.28. The summed E-state index contributed by atoms with van der Waals surface area (Å²) < 4.78 is 12.9. The summed E-state index contributed by atoms with van der Waals surface area (Å²) in [6.45, 7) is 2.80. The molecule has 1 heterocycles. The first kappa shape index (κ1) is 15.9.